The summed E-state index contributed by atoms with van der Waals surface area (Å²) in [7, 11) is 0. The summed E-state index contributed by atoms with van der Waals surface area (Å²) in [5.74, 6) is 0. The number of allylic oxidation sites excluding steroid dienone is 1. The molecule has 0 saturated carbocycles. The van der Waals surface area contributed by atoms with Crippen molar-refractivity contribution < 1.29 is 0 Å². The normalized spacial score (nSPS) is 12.6. The number of nitrogens with zero attached hydrogens (tertiary/aromatic N) is 2. The summed E-state index contributed by atoms with van der Waals surface area (Å²) in [6, 6.07) is 53.7. The Morgan fingerprint density at radius 2 is 1.16 bits per heavy atom. The average molecular weight is 635 g/mol. The molecule has 0 spiro atoms. The summed E-state index contributed by atoms with van der Waals surface area (Å²) in [4.78, 5) is 4.62. The molecule has 0 saturated heterocycles. The van der Waals surface area contributed by atoms with E-state index in [4.69, 9.17) is 0 Å². The van der Waals surface area contributed by atoms with Crippen LogP contribution in [-0.4, -0.2) is 9.55 Å². The molecule has 8 aromatic carbocycles. The lowest BCUT2D eigenvalue weighted by atomic mass is 9.89. The van der Waals surface area contributed by atoms with Crippen LogP contribution in [0.3, 0.4) is 0 Å². The standard InChI is InChI=1S/C48H30N2/c1-2-10-30(11-3-1)32-14-7-15-33(26-32)34-21-22-40-43(27-34)38-19-5-4-18-37(38)39-23-24-42-46-41-20-8-13-31-12-6-16-35(45(31)41)28-44(46)50(48(42)47(39)40)36-17-9-25-49-29-36/h1-15,17-29H,16H2. The van der Waals surface area contributed by atoms with Crippen molar-refractivity contribution in [2.75, 3.05) is 0 Å². The second-order valence-electron chi connectivity index (χ2n) is 13.5. The minimum Gasteiger partial charge on any atom is -0.307 e. The molecule has 0 radical (unpaired) electrons. The van der Waals surface area contributed by atoms with Gasteiger partial charge in [0.2, 0.25) is 0 Å². The van der Waals surface area contributed by atoms with Crippen molar-refractivity contribution in [3.05, 3.63) is 175 Å². The van der Waals surface area contributed by atoms with Crippen LogP contribution < -0.4 is 0 Å². The van der Waals surface area contributed by atoms with Crippen molar-refractivity contribution in [1.82, 2.24) is 9.55 Å². The molecular weight excluding hydrogens is 605 g/mol. The molecule has 2 heterocycles. The second-order valence-corrected chi connectivity index (χ2v) is 13.5. The third-order valence-corrected chi connectivity index (χ3v) is 10.8. The van der Waals surface area contributed by atoms with Crippen LogP contribution in [0.1, 0.15) is 11.1 Å². The maximum Gasteiger partial charge on any atom is 0.0645 e. The van der Waals surface area contributed by atoms with Crippen LogP contribution in [0, 0.1) is 0 Å². The number of aromatic nitrogens is 2. The van der Waals surface area contributed by atoms with E-state index in [9.17, 15) is 0 Å². The molecule has 2 heteroatoms. The fourth-order valence-electron chi connectivity index (χ4n) is 8.68. The minimum absolute atomic E-state index is 0.931. The predicted molar refractivity (Wildman–Crippen MR) is 212 cm³/mol. The monoisotopic (exact) mass is 634 g/mol. The molecule has 1 aliphatic carbocycles. The van der Waals surface area contributed by atoms with Gasteiger partial charge in [-0.25, -0.2) is 0 Å². The van der Waals surface area contributed by atoms with Crippen LogP contribution in [0.15, 0.2) is 164 Å². The Balaban J connectivity index is 1.30. The molecule has 0 unspecified atom stereocenters. The number of rotatable bonds is 3. The van der Waals surface area contributed by atoms with Crippen LogP contribution in [0.25, 0.3) is 98.9 Å². The summed E-state index contributed by atoms with van der Waals surface area (Å²) in [6.07, 6.45) is 9.38. The van der Waals surface area contributed by atoms with Gasteiger partial charge in [0.25, 0.3) is 0 Å². The Morgan fingerprint density at radius 3 is 2.02 bits per heavy atom. The summed E-state index contributed by atoms with van der Waals surface area (Å²) >= 11 is 0. The van der Waals surface area contributed by atoms with Gasteiger partial charge in [0.1, 0.15) is 0 Å². The predicted octanol–water partition coefficient (Wildman–Crippen LogP) is 12.7. The van der Waals surface area contributed by atoms with Crippen LogP contribution >= 0.6 is 0 Å². The Kier molecular flexibility index (Phi) is 5.76. The van der Waals surface area contributed by atoms with Gasteiger partial charge in [-0.2, -0.15) is 0 Å². The molecule has 1 aliphatic rings. The number of hydrogen-bond donors (Lipinski definition) is 0. The van der Waals surface area contributed by atoms with Gasteiger partial charge in [0.05, 0.1) is 22.9 Å². The SMILES string of the molecule is C1=Cc2cccc3c2c(cc2c3c3ccc4c5ccccc5c5cc(-c6cccc(-c7ccccc7)c6)ccc5c4c3n2-c2cccnc2)C1. The Morgan fingerprint density at radius 1 is 0.460 bits per heavy atom. The lowest BCUT2D eigenvalue weighted by Crippen LogP contribution is -1.98. The lowest BCUT2D eigenvalue weighted by molar-refractivity contribution is 1.14. The molecule has 0 atom stereocenters. The quantitative estimate of drug-likeness (QED) is 0.177. The number of benzene rings is 8. The van der Waals surface area contributed by atoms with Crippen molar-refractivity contribution in [3.63, 3.8) is 0 Å². The molecule has 10 aromatic rings. The summed E-state index contributed by atoms with van der Waals surface area (Å²) in [5, 5.41) is 12.9. The third-order valence-electron chi connectivity index (χ3n) is 10.8. The van der Waals surface area contributed by atoms with Gasteiger partial charge < -0.3 is 4.57 Å². The van der Waals surface area contributed by atoms with E-state index >= 15 is 0 Å². The first kappa shape index (κ1) is 27.4. The molecule has 0 bridgehead atoms. The first-order valence-electron chi connectivity index (χ1n) is 17.3. The molecule has 2 aromatic heterocycles. The van der Waals surface area contributed by atoms with Gasteiger partial charge in [0.15, 0.2) is 0 Å². The van der Waals surface area contributed by atoms with Gasteiger partial charge in [-0.1, -0.05) is 127 Å². The van der Waals surface area contributed by atoms with Gasteiger partial charge >= 0.3 is 0 Å². The fraction of sp³-hybridized carbons (Fsp3) is 0.0208. The van der Waals surface area contributed by atoms with E-state index in [1.807, 2.05) is 18.5 Å². The summed E-state index contributed by atoms with van der Waals surface area (Å²) in [6.45, 7) is 0. The summed E-state index contributed by atoms with van der Waals surface area (Å²) < 4.78 is 2.48. The van der Waals surface area contributed by atoms with Crippen LogP contribution in [0.5, 0.6) is 0 Å². The molecular formula is C48H30N2. The topological polar surface area (TPSA) is 17.8 Å². The zero-order chi connectivity index (χ0) is 32.8. The van der Waals surface area contributed by atoms with Crippen molar-refractivity contribution in [3.8, 4) is 27.9 Å². The van der Waals surface area contributed by atoms with E-state index in [2.05, 4.69) is 161 Å². The highest BCUT2D eigenvalue weighted by molar-refractivity contribution is 6.35. The first-order valence-corrected chi connectivity index (χ1v) is 17.3. The molecule has 0 N–H and O–H groups in total. The fourth-order valence-corrected chi connectivity index (χ4v) is 8.68. The highest BCUT2D eigenvalue weighted by Crippen LogP contribution is 2.46. The van der Waals surface area contributed by atoms with Crippen molar-refractivity contribution in [1.29, 1.82) is 0 Å². The zero-order valence-electron chi connectivity index (χ0n) is 27.3. The van der Waals surface area contributed by atoms with E-state index in [-0.39, 0.29) is 0 Å². The smallest absolute Gasteiger partial charge is 0.0645 e. The van der Waals surface area contributed by atoms with Crippen molar-refractivity contribution >= 4 is 71.0 Å². The summed E-state index contributed by atoms with van der Waals surface area (Å²) in [5.41, 5.74) is 11.1. The van der Waals surface area contributed by atoms with Crippen molar-refractivity contribution in [2.24, 2.45) is 0 Å². The number of hydrogen-bond acceptors (Lipinski definition) is 1. The number of pyridine rings is 1. The Labute approximate surface area is 289 Å². The first-order chi connectivity index (χ1) is 24.8. The van der Waals surface area contributed by atoms with E-state index < -0.39 is 0 Å². The highest BCUT2D eigenvalue weighted by atomic mass is 15.0. The molecule has 11 rings (SSSR count). The Hall–Kier alpha value is -6.51. The average Bonchev–Trinajstić information content (AvgIpc) is 3.53. The van der Waals surface area contributed by atoms with E-state index in [1.54, 1.807) is 0 Å². The molecule has 2 nitrogen and oxygen atoms in total. The largest absolute Gasteiger partial charge is 0.307 e. The maximum atomic E-state index is 4.62. The van der Waals surface area contributed by atoms with Crippen LogP contribution in [-0.2, 0) is 6.42 Å². The van der Waals surface area contributed by atoms with Crippen molar-refractivity contribution in [2.45, 2.75) is 6.42 Å². The molecule has 0 aliphatic heterocycles. The second kappa shape index (κ2) is 10.5. The lowest BCUT2D eigenvalue weighted by Gasteiger charge is -2.16. The van der Waals surface area contributed by atoms with Gasteiger partial charge in [-0.15, -0.1) is 0 Å². The van der Waals surface area contributed by atoms with Crippen LogP contribution in [0.2, 0.25) is 0 Å². The highest BCUT2D eigenvalue weighted by Gasteiger charge is 2.23. The van der Waals surface area contributed by atoms with E-state index in [0.717, 1.165) is 12.1 Å². The minimum atomic E-state index is 0.931. The van der Waals surface area contributed by atoms with Gasteiger partial charge in [0, 0.05) is 22.4 Å². The van der Waals surface area contributed by atoms with Gasteiger partial charge in [-0.3, -0.25) is 4.98 Å². The third kappa shape index (κ3) is 3.88. The van der Waals surface area contributed by atoms with E-state index in [0.29, 0.717) is 0 Å². The molecule has 0 amide bonds. The van der Waals surface area contributed by atoms with E-state index in [1.165, 1.54) is 98.3 Å². The van der Waals surface area contributed by atoms with Gasteiger partial charge in [-0.05, 0) is 108 Å². The number of fused-ring (bicyclic) bond motifs is 11. The molecule has 0 fully saturated rings. The molecule has 50 heavy (non-hydrogen) atoms. The van der Waals surface area contributed by atoms with Crippen LogP contribution in [0.4, 0.5) is 0 Å². The Bertz CT molecular complexity index is 3040. The maximum absolute atomic E-state index is 4.62. The molecule has 232 valence electrons. The zero-order valence-corrected chi connectivity index (χ0v) is 27.3.